The third-order valence-corrected chi connectivity index (χ3v) is 3.35. The Hall–Kier alpha value is -1.14. The first-order valence-corrected chi connectivity index (χ1v) is 6.53. The van der Waals surface area contributed by atoms with E-state index >= 15 is 0 Å². The molecule has 0 radical (unpaired) electrons. The zero-order valence-corrected chi connectivity index (χ0v) is 10.9. The Balaban J connectivity index is 1.77. The van der Waals surface area contributed by atoms with Crippen molar-refractivity contribution >= 4 is 11.9 Å². The first-order valence-electron chi connectivity index (χ1n) is 6.53. The molecule has 102 valence electrons. The summed E-state index contributed by atoms with van der Waals surface area (Å²) in [5.74, 6) is -0.248. The van der Waals surface area contributed by atoms with Gasteiger partial charge in [0.25, 0.3) is 0 Å². The minimum absolute atomic E-state index is 0.134. The topological polar surface area (TPSA) is 70.7 Å². The molecule has 2 atom stereocenters. The summed E-state index contributed by atoms with van der Waals surface area (Å²) in [6.07, 6.45) is 2.16. The third kappa shape index (κ3) is 3.68. The number of nitrogens with zero attached hydrogens (tertiary/aromatic N) is 1. The summed E-state index contributed by atoms with van der Waals surface area (Å²) in [5, 5.41) is 5.13. The van der Waals surface area contributed by atoms with Gasteiger partial charge >= 0.3 is 6.03 Å². The SMILES string of the molecule is C[C@@H]1CN([C@H](C)C(=O)NC(=O)NC2CC2)CCO1. The van der Waals surface area contributed by atoms with Gasteiger partial charge in [-0.25, -0.2) is 4.79 Å². The van der Waals surface area contributed by atoms with Crippen molar-refractivity contribution < 1.29 is 14.3 Å². The number of carbonyl (C=O) groups excluding carboxylic acids is 2. The van der Waals surface area contributed by atoms with Crippen molar-refractivity contribution in [2.45, 2.75) is 44.9 Å². The van der Waals surface area contributed by atoms with E-state index in [9.17, 15) is 9.59 Å². The van der Waals surface area contributed by atoms with Crippen LogP contribution in [0, 0.1) is 0 Å². The van der Waals surface area contributed by atoms with Gasteiger partial charge in [-0.1, -0.05) is 0 Å². The number of amides is 3. The molecule has 2 rings (SSSR count). The lowest BCUT2D eigenvalue weighted by molar-refractivity contribution is -0.127. The number of ether oxygens (including phenoxy) is 1. The molecule has 3 amide bonds. The van der Waals surface area contributed by atoms with E-state index in [1.807, 2.05) is 18.7 Å². The molecule has 18 heavy (non-hydrogen) atoms. The monoisotopic (exact) mass is 255 g/mol. The van der Waals surface area contributed by atoms with Gasteiger partial charge in [0.2, 0.25) is 5.91 Å². The Kier molecular flexibility index (Phi) is 4.19. The van der Waals surface area contributed by atoms with Crippen LogP contribution >= 0.6 is 0 Å². The highest BCUT2D eigenvalue weighted by atomic mass is 16.5. The lowest BCUT2D eigenvalue weighted by atomic mass is 10.2. The summed E-state index contributed by atoms with van der Waals surface area (Å²) in [7, 11) is 0. The number of hydrogen-bond acceptors (Lipinski definition) is 4. The van der Waals surface area contributed by atoms with Crippen molar-refractivity contribution in [3.8, 4) is 0 Å². The van der Waals surface area contributed by atoms with Crippen molar-refractivity contribution in [2.75, 3.05) is 19.7 Å². The van der Waals surface area contributed by atoms with Crippen LogP contribution in [0.25, 0.3) is 0 Å². The molecule has 1 saturated heterocycles. The summed E-state index contributed by atoms with van der Waals surface area (Å²) in [5.41, 5.74) is 0. The second kappa shape index (κ2) is 5.67. The van der Waals surface area contributed by atoms with Crippen molar-refractivity contribution in [3.05, 3.63) is 0 Å². The van der Waals surface area contributed by atoms with Crippen LogP contribution in [-0.4, -0.2) is 54.7 Å². The normalized spacial score (nSPS) is 26.4. The summed E-state index contributed by atoms with van der Waals surface area (Å²) in [6, 6.07) is -0.423. The molecule has 0 bridgehead atoms. The van der Waals surface area contributed by atoms with Gasteiger partial charge in [-0.05, 0) is 26.7 Å². The van der Waals surface area contributed by atoms with Gasteiger partial charge in [-0.15, -0.1) is 0 Å². The smallest absolute Gasteiger partial charge is 0.321 e. The predicted molar refractivity (Wildman–Crippen MR) is 66.1 cm³/mol. The van der Waals surface area contributed by atoms with Gasteiger partial charge in [0.05, 0.1) is 18.8 Å². The lowest BCUT2D eigenvalue weighted by Crippen LogP contribution is -2.54. The molecule has 6 nitrogen and oxygen atoms in total. The van der Waals surface area contributed by atoms with E-state index in [0.717, 1.165) is 25.9 Å². The second-order valence-corrected chi connectivity index (χ2v) is 5.09. The molecule has 2 aliphatic rings. The molecule has 0 spiro atoms. The fraction of sp³-hybridized carbons (Fsp3) is 0.833. The number of imide groups is 1. The molecule has 0 aromatic carbocycles. The molecule has 1 aliphatic heterocycles. The molecule has 1 heterocycles. The van der Waals surface area contributed by atoms with E-state index < -0.39 is 0 Å². The van der Waals surface area contributed by atoms with Gasteiger partial charge in [-0.3, -0.25) is 15.0 Å². The molecule has 0 unspecified atom stereocenters. The van der Waals surface area contributed by atoms with Crippen LogP contribution in [0.3, 0.4) is 0 Å². The van der Waals surface area contributed by atoms with Crippen LogP contribution in [0.1, 0.15) is 26.7 Å². The fourth-order valence-electron chi connectivity index (χ4n) is 2.03. The highest BCUT2D eigenvalue weighted by Crippen LogP contribution is 2.18. The van der Waals surface area contributed by atoms with Gasteiger partial charge in [0, 0.05) is 19.1 Å². The maximum absolute atomic E-state index is 11.9. The minimum Gasteiger partial charge on any atom is -0.376 e. The van der Waals surface area contributed by atoms with Crippen molar-refractivity contribution in [3.63, 3.8) is 0 Å². The quantitative estimate of drug-likeness (QED) is 0.749. The zero-order valence-electron chi connectivity index (χ0n) is 10.9. The number of morpholine rings is 1. The van der Waals surface area contributed by atoms with Gasteiger partial charge in [-0.2, -0.15) is 0 Å². The molecule has 2 N–H and O–H groups in total. The van der Waals surface area contributed by atoms with Crippen molar-refractivity contribution in [1.82, 2.24) is 15.5 Å². The molecular formula is C12H21N3O3. The molecule has 0 aromatic heterocycles. The van der Waals surface area contributed by atoms with Gasteiger partial charge < -0.3 is 10.1 Å². The highest BCUT2D eigenvalue weighted by Gasteiger charge is 2.28. The maximum Gasteiger partial charge on any atom is 0.321 e. The third-order valence-electron chi connectivity index (χ3n) is 3.35. The summed E-state index contributed by atoms with van der Waals surface area (Å²) in [4.78, 5) is 25.4. The molecule has 1 saturated carbocycles. The first kappa shape index (κ1) is 13.3. The standard InChI is InChI=1S/C12H21N3O3/c1-8-7-15(5-6-18-8)9(2)11(16)14-12(17)13-10-3-4-10/h8-10H,3-7H2,1-2H3,(H2,13,14,16,17)/t8-,9-/m1/s1. The van der Waals surface area contributed by atoms with E-state index in [1.165, 1.54) is 0 Å². The van der Waals surface area contributed by atoms with Crippen molar-refractivity contribution in [1.29, 1.82) is 0 Å². The average molecular weight is 255 g/mol. The molecule has 6 heteroatoms. The summed E-state index contributed by atoms with van der Waals surface area (Å²) in [6.45, 7) is 5.88. The Morgan fingerprint density at radius 2 is 2.11 bits per heavy atom. The molecule has 1 aliphatic carbocycles. The van der Waals surface area contributed by atoms with Gasteiger partial charge in [0.1, 0.15) is 0 Å². The summed E-state index contributed by atoms with van der Waals surface area (Å²) >= 11 is 0. The van der Waals surface area contributed by atoms with E-state index in [1.54, 1.807) is 0 Å². The van der Waals surface area contributed by atoms with Crippen LogP contribution in [0.2, 0.25) is 0 Å². The fourth-order valence-corrected chi connectivity index (χ4v) is 2.03. The maximum atomic E-state index is 11.9. The predicted octanol–water partition coefficient (Wildman–Crippen LogP) is 0.0838. The highest BCUT2D eigenvalue weighted by molar-refractivity contribution is 5.96. The van der Waals surface area contributed by atoms with E-state index in [-0.39, 0.29) is 30.1 Å². The van der Waals surface area contributed by atoms with Crippen molar-refractivity contribution in [2.24, 2.45) is 0 Å². The van der Waals surface area contributed by atoms with Crippen LogP contribution < -0.4 is 10.6 Å². The summed E-state index contributed by atoms with van der Waals surface area (Å²) < 4.78 is 5.43. The molecule has 0 aromatic rings. The lowest BCUT2D eigenvalue weighted by Gasteiger charge is -2.34. The van der Waals surface area contributed by atoms with Crippen LogP contribution in [0.15, 0.2) is 0 Å². The average Bonchev–Trinajstić information content (AvgIpc) is 3.11. The number of nitrogens with one attached hydrogen (secondary N) is 2. The van der Waals surface area contributed by atoms with E-state index in [4.69, 9.17) is 4.74 Å². The Morgan fingerprint density at radius 1 is 1.39 bits per heavy atom. The van der Waals surface area contributed by atoms with Crippen LogP contribution in [0.5, 0.6) is 0 Å². The molecular weight excluding hydrogens is 234 g/mol. The second-order valence-electron chi connectivity index (χ2n) is 5.09. The number of urea groups is 1. The number of carbonyl (C=O) groups is 2. The number of rotatable bonds is 3. The van der Waals surface area contributed by atoms with Crippen LogP contribution in [-0.2, 0) is 9.53 Å². The zero-order chi connectivity index (χ0) is 13.1. The van der Waals surface area contributed by atoms with E-state index in [0.29, 0.717) is 6.61 Å². The Morgan fingerprint density at radius 3 is 2.72 bits per heavy atom. The first-order chi connectivity index (χ1) is 8.56. The largest absolute Gasteiger partial charge is 0.376 e. The van der Waals surface area contributed by atoms with E-state index in [2.05, 4.69) is 10.6 Å². The molecule has 2 fully saturated rings. The minimum atomic E-state index is -0.379. The Bertz CT molecular complexity index is 331. The Labute approximate surface area is 107 Å². The van der Waals surface area contributed by atoms with Gasteiger partial charge in [0.15, 0.2) is 0 Å². The van der Waals surface area contributed by atoms with Crippen LogP contribution in [0.4, 0.5) is 4.79 Å². The number of hydrogen-bond donors (Lipinski definition) is 2.